The Hall–Kier alpha value is -0.200. The molecule has 0 bridgehead atoms. The molecule has 0 amide bonds. The number of β-amino-alcohol motifs (C(OH)–C–C–N with tert-alkyl or cyclic N) is 1. The third-order valence-electron chi connectivity index (χ3n) is 3.03. The SMILES string of the molecule is CC(O)CNCCN1CCN(CC(C)O)CC1. The monoisotopic (exact) mass is 245 g/mol. The van der Waals surface area contributed by atoms with Gasteiger partial charge in [0.15, 0.2) is 0 Å². The van der Waals surface area contributed by atoms with E-state index in [-0.39, 0.29) is 12.2 Å². The number of nitrogens with one attached hydrogen (secondary N) is 1. The van der Waals surface area contributed by atoms with Gasteiger partial charge in [0.05, 0.1) is 12.2 Å². The summed E-state index contributed by atoms with van der Waals surface area (Å²) in [6.07, 6.45) is -0.493. The molecule has 102 valence electrons. The average Bonchev–Trinajstić information content (AvgIpc) is 2.25. The lowest BCUT2D eigenvalue weighted by atomic mass is 10.2. The molecule has 0 saturated carbocycles. The Balaban J connectivity index is 2.03. The standard InChI is InChI=1S/C12H27N3O2/c1-11(16)9-13-3-4-14-5-7-15(8-6-14)10-12(2)17/h11-13,16-17H,3-10H2,1-2H3. The zero-order chi connectivity index (χ0) is 12.7. The fourth-order valence-electron chi connectivity index (χ4n) is 2.12. The largest absolute Gasteiger partial charge is 0.392 e. The van der Waals surface area contributed by atoms with Crippen LogP contribution < -0.4 is 5.32 Å². The molecule has 0 spiro atoms. The number of hydrogen-bond donors (Lipinski definition) is 3. The van der Waals surface area contributed by atoms with E-state index >= 15 is 0 Å². The molecule has 0 aromatic rings. The fraction of sp³-hybridized carbons (Fsp3) is 1.00. The van der Waals surface area contributed by atoms with Gasteiger partial charge in [0.1, 0.15) is 0 Å². The maximum Gasteiger partial charge on any atom is 0.0639 e. The zero-order valence-electron chi connectivity index (χ0n) is 11.1. The number of nitrogens with zero attached hydrogens (tertiary/aromatic N) is 2. The van der Waals surface area contributed by atoms with Gasteiger partial charge >= 0.3 is 0 Å². The van der Waals surface area contributed by atoms with E-state index in [0.29, 0.717) is 6.54 Å². The van der Waals surface area contributed by atoms with Crippen LogP contribution >= 0.6 is 0 Å². The second-order valence-electron chi connectivity index (χ2n) is 5.04. The summed E-state index contributed by atoms with van der Waals surface area (Å²) in [5, 5.41) is 21.6. The van der Waals surface area contributed by atoms with Crippen molar-refractivity contribution in [2.75, 3.05) is 52.4 Å². The number of aliphatic hydroxyl groups excluding tert-OH is 2. The smallest absolute Gasteiger partial charge is 0.0639 e. The van der Waals surface area contributed by atoms with Gasteiger partial charge in [-0.25, -0.2) is 0 Å². The van der Waals surface area contributed by atoms with Crippen LogP contribution in [-0.4, -0.2) is 84.6 Å². The molecule has 5 nitrogen and oxygen atoms in total. The lowest BCUT2D eigenvalue weighted by Gasteiger charge is -2.35. The third-order valence-corrected chi connectivity index (χ3v) is 3.03. The second-order valence-corrected chi connectivity index (χ2v) is 5.04. The van der Waals surface area contributed by atoms with Crippen LogP contribution in [0.25, 0.3) is 0 Å². The summed E-state index contributed by atoms with van der Waals surface area (Å²) in [5.74, 6) is 0. The molecule has 5 heteroatoms. The van der Waals surface area contributed by atoms with E-state index in [1.165, 1.54) is 0 Å². The van der Waals surface area contributed by atoms with E-state index in [9.17, 15) is 5.11 Å². The van der Waals surface area contributed by atoms with Crippen molar-refractivity contribution < 1.29 is 10.2 Å². The summed E-state index contributed by atoms with van der Waals surface area (Å²) < 4.78 is 0. The molecule has 1 aliphatic rings. The second kappa shape index (κ2) is 8.00. The van der Waals surface area contributed by atoms with Gasteiger partial charge in [0, 0.05) is 52.4 Å². The van der Waals surface area contributed by atoms with Gasteiger partial charge in [-0.2, -0.15) is 0 Å². The first-order chi connectivity index (χ1) is 8.08. The lowest BCUT2D eigenvalue weighted by molar-refractivity contribution is 0.0808. The van der Waals surface area contributed by atoms with Gasteiger partial charge in [0.25, 0.3) is 0 Å². The minimum atomic E-state index is -0.266. The fourth-order valence-corrected chi connectivity index (χ4v) is 2.12. The normalized spacial score (nSPS) is 22.6. The molecule has 1 rings (SSSR count). The third kappa shape index (κ3) is 6.95. The van der Waals surface area contributed by atoms with Gasteiger partial charge in [-0.15, -0.1) is 0 Å². The van der Waals surface area contributed by atoms with E-state index in [1.807, 2.05) is 6.92 Å². The van der Waals surface area contributed by atoms with Crippen LogP contribution in [0.2, 0.25) is 0 Å². The molecule has 2 atom stereocenters. The first-order valence-corrected chi connectivity index (χ1v) is 6.59. The van der Waals surface area contributed by atoms with Crippen LogP contribution in [0.1, 0.15) is 13.8 Å². The first-order valence-electron chi connectivity index (χ1n) is 6.59. The molecule has 1 aliphatic heterocycles. The van der Waals surface area contributed by atoms with Crippen LogP contribution in [0.3, 0.4) is 0 Å². The van der Waals surface area contributed by atoms with E-state index < -0.39 is 0 Å². The summed E-state index contributed by atoms with van der Waals surface area (Å²) in [5.41, 5.74) is 0. The molecule has 0 aliphatic carbocycles. The van der Waals surface area contributed by atoms with Crippen LogP contribution in [0.5, 0.6) is 0 Å². The Kier molecular flexibility index (Phi) is 6.99. The molecule has 2 unspecified atom stereocenters. The van der Waals surface area contributed by atoms with Gasteiger partial charge < -0.3 is 15.5 Å². The number of hydrogen-bond acceptors (Lipinski definition) is 5. The molecule has 3 N–H and O–H groups in total. The maximum atomic E-state index is 9.31. The Morgan fingerprint density at radius 2 is 1.59 bits per heavy atom. The highest BCUT2D eigenvalue weighted by Gasteiger charge is 2.17. The van der Waals surface area contributed by atoms with Crippen molar-refractivity contribution in [3.8, 4) is 0 Å². The van der Waals surface area contributed by atoms with Crippen molar-refractivity contribution in [1.82, 2.24) is 15.1 Å². The van der Waals surface area contributed by atoms with Crippen LogP contribution in [-0.2, 0) is 0 Å². The van der Waals surface area contributed by atoms with E-state index in [4.69, 9.17) is 5.11 Å². The molecule has 17 heavy (non-hydrogen) atoms. The van der Waals surface area contributed by atoms with E-state index in [2.05, 4.69) is 15.1 Å². The van der Waals surface area contributed by atoms with Crippen LogP contribution in [0, 0.1) is 0 Å². The molecular formula is C12H27N3O2. The highest BCUT2D eigenvalue weighted by atomic mass is 16.3. The minimum Gasteiger partial charge on any atom is -0.392 e. The molecule has 0 aromatic carbocycles. The van der Waals surface area contributed by atoms with E-state index in [1.54, 1.807) is 6.92 Å². The summed E-state index contributed by atoms with van der Waals surface area (Å²) >= 11 is 0. The minimum absolute atomic E-state index is 0.228. The van der Waals surface area contributed by atoms with Crippen molar-refractivity contribution in [3.05, 3.63) is 0 Å². The van der Waals surface area contributed by atoms with E-state index in [0.717, 1.165) is 45.8 Å². The molecule has 0 radical (unpaired) electrons. The van der Waals surface area contributed by atoms with Crippen molar-refractivity contribution in [1.29, 1.82) is 0 Å². The summed E-state index contributed by atoms with van der Waals surface area (Å²) in [6.45, 7) is 11.3. The van der Waals surface area contributed by atoms with Crippen LogP contribution in [0.15, 0.2) is 0 Å². The average molecular weight is 245 g/mol. The Labute approximate surface area is 104 Å². The number of rotatable bonds is 7. The summed E-state index contributed by atoms with van der Waals surface area (Å²) in [4.78, 5) is 4.73. The highest BCUT2D eigenvalue weighted by Crippen LogP contribution is 2.01. The van der Waals surface area contributed by atoms with Crippen molar-refractivity contribution in [2.24, 2.45) is 0 Å². The summed E-state index contributed by atoms with van der Waals surface area (Å²) in [6, 6.07) is 0. The Bertz CT molecular complexity index is 189. The zero-order valence-corrected chi connectivity index (χ0v) is 11.1. The molecule has 1 fully saturated rings. The Morgan fingerprint density at radius 3 is 2.12 bits per heavy atom. The lowest BCUT2D eigenvalue weighted by Crippen LogP contribution is -2.49. The van der Waals surface area contributed by atoms with Gasteiger partial charge in [-0.1, -0.05) is 0 Å². The topological polar surface area (TPSA) is 59.0 Å². The van der Waals surface area contributed by atoms with Gasteiger partial charge in [-0.05, 0) is 13.8 Å². The molecule has 1 heterocycles. The van der Waals surface area contributed by atoms with Gasteiger partial charge in [-0.3, -0.25) is 9.80 Å². The predicted molar refractivity (Wildman–Crippen MR) is 69.1 cm³/mol. The quantitative estimate of drug-likeness (QED) is 0.500. The molecular weight excluding hydrogens is 218 g/mol. The van der Waals surface area contributed by atoms with Crippen LogP contribution in [0.4, 0.5) is 0 Å². The van der Waals surface area contributed by atoms with Crippen molar-refractivity contribution in [3.63, 3.8) is 0 Å². The maximum absolute atomic E-state index is 9.31. The highest BCUT2D eigenvalue weighted by molar-refractivity contribution is 4.73. The predicted octanol–water partition coefficient (Wildman–Crippen LogP) is -1.04. The van der Waals surface area contributed by atoms with Crippen molar-refractivity contribution >= 4 is 0 Å². The Morgan fingerprint density at radius 1 is 1.00 bits per heavy atom. The molecule has 0 aromatic heterocycles. The number of aliphatic hydroxyl groups is 2. The summed E-state index contributed by atoms with van der Waals surface area (Å²) in [7, 11) is 0. The first kappa shape index (κ1) is 14.9. The van der Waals surface area contributed by atoms with Crippen molar-refractivity contribution in [2.45, 2.75) is 26.1 Å². The molecule has 1 saturated heterocycles. The number of piperazine rings is 1. The van der Waals surface area contributed by atoms with Gasteiger partial charge in [0.2, 0.25) is 0 Å².